The summed E-state index contributed by atoms with van der Waals surface area (Å²) in [6.45, 7) is 5.19. The van der Waals surface area contributed by atoms with Crippen LogP contribution in [0.2, 0.25) is 0 Å². The molecule has 0 bridgehead atoms. The molecular formula is C11H17BrN4. The predicted octanol–water partition coefficient (Wildman–Crippen LogP) is 1.10. The first-order valence-electron chi connectivity index (χ1n) is 5.52. The molecule has 1 aromatic heterocycles. The van der Waals surface area contributed by atoms with Crippen molar-refractivity contribution in [3.63, 3.8) is 0 Å². The molecule has 5 heteroatoms. The van der Waals surface area contributed by atoms with Crippen LogP contribution in [0.1, 0.15) is 5.69 Å². The summed E-state index contributed by atoms with van der Waals surface area (Å²) in [6.07, 6.45) is 0. The lowest BCUT2D eigenvalue weighted by molar-refractivity contribution is 0.101. The quantitative estimate of drug-likeness (QED) is 0.843. The van der Waals surface area contributed by atoms with E-state index in [1.165, 1.54) is 0 Å². The first-order valence-corrected chi connectivity index (χ1v) is 6.32. The third kappa shape index (κ3) is 3.52. The molecule has 0 aromatic carbocycles. The maximum atomic E-state index is 4.39. The van der Waals surface area contributed by atoms with E-state index in [2.05, 4.69) is 43.3 Å². The number of aromatic nitrogens is 1. The SMILES string of the molecule is CN1CCN(NCc2cccc(Br)n2)CC1. The zero-order chi connectivity index (χ0) is 11.4. The van der Waals surface area contributed by atoms with Gasteiger partial charge < -0.3 is 4.90 Å². The molecule has 1 aromatic rings. The van der Waals surface area contributed by atoms with E-state index in [0.29, 0.717) is 0 Å². The lowest BCUT2D eigenvalue weighted by Crippen LogP contribution is -2.50. The summed E-state index contributed by atoms with van der Waals surface area (Å²) in [5.74, 6) is 0. The lowest BCUT2D eigenvalue weighted by Gasteiger charge is -2.32. The molecule has 88 valence electrons. The number of nitrogens with one attached hydrogen (secondary N) is 1. The molecule has 0 atom stereocenters. The van der Waals surface area contributed by atoms with Gasteiger partial charge in [0.2, 0.25) is 0 Å². The Kier molecular flexibility index (Phi) is 4.29. The molecule has 2 rings (SSSR count). The summed E-state index contributed by atoms with van der Waals surface area (Å²) >= 11 is 3.38. The van der Waals surface area contributed by atoms with Crippen molar-refractivity contribution >= 4 is 15.9 Å². The highest BCUT2D eigenvalue weighted by molar-refractivity contribution is 9.10. The van der Waals surface area contributed by atoms with Gasteiger partial charge in [-0.05, 0) is 35.1 Å². The summed E-state index contributed by atoms with van der Waals surface area (Å²) in [6, 6.07) is 5.99. The average molecular weight is 285 g/mol. The number of nitrogens with zero attached hydrogens (tertiary/aromatic N) is 3. The maximum absolute atomic E-state index is 4.39. The molecule has 1 aliphatic rings. The molecule has 0 unspecified atom stereocenters. The van der Waals surface area contributed by atoms with E-state index in [1.807, 2.05) is 18.2 Å². The Hall–Kier alpha value is -0.490. The third-order valence-electron chi connectivity index (χ3n) is 2.76. The van der Waals surface area contributed by atoms with Crippen molar-refractivity contribution in [3.8, 4) is 0 Å². The van der Waals surface area contributed by atoms with Gasteiger partial charge in [-0.1, -0.05) is 6.07 Å². The van der Waals surface area contributed by atoms with E-state index >= 15 is 0 Å². The van der Waals surface area contributed by atoms with E-state index in [4.69, 9.17) is 0 Å². The molecule has 0 amide bonds. The van der Waals surface area contributed by atoms with E-state index in [9.17, 15) is 0 Å². The van der Waals surface area contributed by atoms with E-state index in [-0.39, 0.29) is 0 Å². The van der Waals surface area contributed by atoms with Crippen LogP contribution in [0.5, 0.6) is 0 Å². The van der Waals surface area contributed by atoms with E-state index < -0.39 is 0 Å². The van der Waals surface area contributed by atoms with Crippen molar-refractivity contribution < 1.29 is 0 Å². The van der Waals surface area contributed by atoms with Crippen molar-refractivity contribution in [1.82, 2.24) is 20.3 Å². The molecule has 0 saturated carbocycles. The van der Waals surface area contributed by atoms with Crippen LogP contribution < -0.4 is 5.43 Å². The van der Waals surface area contributed by atoms with E-state index in [0.717, 1.165) is 43.0 Å². The van der Waals surface area contributed by atoms with Crippen LogP contribution in [0, 0.1) is 0 Å². The number of likely N-dealkylation sites (N-methyl/N-ethyl adjacent to an activating group) is 1. The number of halogens is 1. The minimum atomic E-state index is 0.795. The summed E-state index contributed by atoms with van der Waals surface area (Å²) in [4.78, 5) is 6.73. The highest BCUT2D eigenvalue weighted by atomic mass is 79.9. The molecule has 1 aliphatic heterocycles. The molecule has 1 fully saturated rings. The van der Waals surface area contributed by atoms with Gasteiger partial charge in [-0.2, -0.15) is 0 Å². The number of rotatable bonds is 3. The largest absolute Gasteiger partial charge is 0.304 e. The van der Waals surface area contributed by atoms with Crippen LogP contribution in [0.15, 0.2) is 22.8 Å². The van der Waals surface area contributed by atoms with Gasteiger partial charge in [-0.15, -0.1) is 0 Å². The predicted molar refractivity (Wildman–Crippen MR) is 67.8 cm³/mol. The van der Waals surface area contributed by atoms with Crippen LogP contribution in [0.25, 0.3) is 0 Å². The smallest absolute Gasteiger partial charge is 0.106 e. The van der Waals surface area contributed by atoms with Crippen molar-refractivity contribution in [1.29, 1.82) is 0 Å². The molecule has 16 heavy (non-hydrogen) atoms. The second-order valence-corrected chi connectivity index (χ2v) is 4.89. The summed E-state index contributed by atoms with van der Waals surface area (Å²) in [7, 11) is 2.16. The zero-order valence-corrected chi connectivity index (χ0v) is 11.1. The molecule has 0 spiro atoms. The first kappa shape index (κ1) is 12.0. The second kappa shape index (κ2) is 5.72. The highest BCUT2D eigenvalue weighted by Crippen LogP contribution is 2.06. The summed E-state index contributed by atoms with van der Waals surface area (Å²) < 4.78 is 0.894. The Morgan fingerprint density at radius 2 is 2.06 bits per heavy atom. The van der Waals surface area contributed by atoms with Gasteiger partial charge in [0.15, 0.2) is 0 Å². The van der Waals surface area contributed by atoms with Crippen LogP contribution in [-0.2, 0) is 6.54 Å². The van der Waals surface area contributed by atoms with Crippen LogP contribution in [-0.4, -0.2) is 48.1 Å². The van der Waals surface area contributed by atoms with Crippen molar-refractivity contribution in [2.45, 2.75) is 6.54 Å². The minimum Gasteiger partial charge on any atom is -0.304 e. The molecule has 4 nitrogen and oxygen atoms in total. The zero-order valence-electron chi connectivity index (χ0n) is 9.49. The Morgan fingerprint density at radius 3 is 2.75 bits per heavy atom. The molecule has 2 heterocycles. The Bertz CT molecular complexity index is 337. The second-order valence-electron chi connectivity index (χ2n) is 4.08. The van der Waals surface area contributed by atoms with Gasteiger partial charge in [-0.25, -0.2) is 15.4 Å². The van der Waals surface area contributed by atoms with Crippen LogP contribution >= 0.6 is 15.9 Å². The fourth-order valence-electron chi connectivity index (χ4n) is 1.71. The fraction of sp³-hybridized carbons (Fsp3) is 0.545. The summed E-state index contributed by atoms with van der Waals surface area (Å²) in [5.41, 5.74) is 4.47. The molecule has 1 N–H and O–H groups in total. The average Bonchev–Trinajstić information content (AvgIpc) is 2.28. The molecule has 1 saturated heterocycles. The number of piperazine rings is 1. The maximum Gasteiger partial charge on any atom is 0.106 e. The van der Waals surface area contributed by atoms with Gasteiger partial charge in [0.05, 0.1) is 12.2 Å². The number of hydrogen-bond donors (Lipinski definition) is 1. The highest BCUT2D eigenvalue weighted by Gasteiger charge is 2.12. The molecule has 0 aliphatic carbocycles. The Labute approximate surface area is 105 Å². The Morgan fingerprint density at radius 1 is 1.31 bits per heavy atom. The van der Waals surface area contributed by atoms with Crippen molar-refractivity contribution in [2.75, 3.05) is 33.2 Å². The number of pyridine rings is 1. The van der Waals surface area contributed by atoms with Gasteiger partial charge in [-0.3, -0.25) is 0 Å². The normalized spacial score (nSPS) is 18.9. The van der Waals surface area contributed by atoms with Crippen molar-refractivity contribution in [3.05, 3.63) is 28.5 Å². The van der Waals surface area contributed by atoms with Gasteiger partial charge >= 0.3 is 0 Å². The number of hydrogen-bond acceptors (Lipinski definition) is 4. The van der Waals surface area contributed by atoms with Crippen LogP contribution in [0.4, 0.5) is 0 Å². The molecule has 0 radical (unpaired) electrons. The lowest BCUT2D eigenvalue weighted by atomic mass is 10.3. The molecular weight excluding hydrogens is 268 g/mol. The third-order valence-corrected chi connectivity index (χ3v) is 3.20. The summed E-state index contributed by atoms with van der Waals surface area (Å²) in [5, 5.41) is 2.27. The monoisotopic (exact) mass is 284 g/mol. The standard InChI is InChI=1S/C11H17BrN4/c1-15-5-7-16(8-6-15)13-9-10-3-2-4-11(12)14-10/h2-4,13H,5-9H2,1H3. The van der Waals surface area contributed by atoms with Gasteiger partial charge in [0.25, 0.3) is 0 Å². The fourth-order valence-corrected chi connectivity index (χ4v) is 2.09. The first-order chi connectivity index (χ1) is 7.74. The van der Waals surface area contributed by atoms with Crippen molar-refractivity contribution in [2.24, 2.45) is 0 Å². The van der Waals surface area contributed by atoms with E-state index in [1.54, 1.807) is 0 Å². The topological polar surface area (TPSA) is 31.4 Å². The number of hydrazine groups is 1. The Balaban J connectivity index is 1.79. The van der Waals surface area contributed by atoms with Crippen LogP contribution in [0.3, 0.4) is 0 Å². The minimum absolute atomic E-state index is 0.795. The van der Waals surface area contributed by atoms with Gasteiger partial charge in [0.1, 0.15) is 4.60 Å². The van der Waals surface area contributed by atoms with Gasteiger partial charge in [0, 0.05) is 26.2 Å².